The van der Waals surface area contributed by atoms with Gasteiger partial charge in [-0.05, 0) is 47.6 Å². The molecule has 1 saturated carbocycles. The maximum atomic E-state index is 13.8. The molecule has 1 heterocycles. The van der Waals surface area contributed by atoms with Gasteiger partial charge in [-0.15, -0.1) is 0 Å². The Bertz CT molecular complexity index is 955. The maximum absolute atomic E-state index is 13.8. The lowest BCUT2D eigenvalue weighted by molar-refractivity contribution is -0.125. The summed E-state index contributed by atoms with van der Waals surface area (Å²) >= 11 is 0. The van der Waals surface area contributed by atoms with Crippen molar-refractivity contribution in [3.05, 3.63) is 65.2 Å². The molecule has 4 rings (SSSR count). The molecule has 1 aliphatic heterocycles. The van der Waals surface area contributed by atoms with Crippen LogP contribution >= 0.6 is 0 Å². The molecule has 5 nitrogen and oxygen atoms in total. The molecular weight excluding hydrogens is 388 g/mol. The summed E-state index contributed by atoms with van der Waals surface area (Å²) < 4.78 is 5.30. The molecule has 164 valence electrons. The number of nitrogens with zero attached hydrogens (tertiary/aromatic N) is 1. The number of carbonyl (C=O) groups is 2. The van der Waals surface area contributed by atoms with Crippen LogP contribution < -0.4 is 10.1 Å². The number of nitrogens with one attached hydrogen (secondary N) is 1. The van der Waals surface area contributed by atoms with Crippen molar-refractivity contribution < 1.29 is 14.3 Å². The van der Waals surface area contributed by atoms with Crippen molar-refractivity contribution in [2.75, 3.05) is 14.2 Å². The SMILES string of the molecule is COc1ccc([C@@H]2[C@H](C(=O)N[C@@H]3CCC[C@H](C)[C@H]3C)c3ccccc3C(=O)N2C)cc1. The maximum Gasteiger partial charge on any atom is 0.254 e. The van der Waals surface area contributed by atoms with Gasteiger partial charge in [-0.25, -0.2) is 0 Å². The zero-order chi connectivity index (χ0) is 22.1. The number of benzene rings is 2. The minimum atomic E-state index is -0.461. The fourth-order valence-corrected chi connectivity index (χ4v) is 5.23. The van der Waals surface area contributed by atoms with Gasteiger partial charge >= 0.3 is 0 Å². The van der Waals surface area contributed by atoms with E-state index < -0.39 is 5.92 Å². The number of rotatable bonds is 4. The van der Waals surface area contributed by atoms with E-state index in [1.165, 1.54) is 6.42 Å². The first kappa shape index (κ1) is 21.4. The highest BCUT2D eigenvalue weighted by Crippen LogP contribution is 2.43. The number of methoxy groups -OCH3 is 1. The summed E-state index contributed by atoms with van der Waals surface area (Å²) in [4.78, 5) is 28.6. The van der Waals surface area contributed by atoms with E-state index in [2.05, 4.69) is 19.2 Å². The van der Waals surface area contributed by atoms with Crippen LogP contribution in [-0.4, -0.2) is 36.9 Å². The molecule has 0 bridgehead atoms. The van der Waals surface area contributed by atoms with Crippen LogP contribution in [0.3, 0.4) is 0 Å². The molecule has 2 aromatic rings. The van der Waals surface area contributed by atoms with Crippen LogP contribution in [0.15, 0.2) is 48.5 Å². The molecule has 5 atom stereocenters. The third-order valence-electron chi connectivity index (χ3n) is 7.35. The van der Waals surface area contributed by atoms with Gasteiger partial charge in [-0.2, -0.15) is 0 Å². The summed E-state index contributed by atoms with van der Waals surface area (Å²) in [6.07, 6.45) is 3.36. The standard InChI is InChI=1S/C26H32N2O3/c1-16-8-7-11-22(17(16)2)27-25(29)23-20-9-5-6-10-21(20)26(30)28(3)24(23)18-12-14-19(31-4)15-13-18/h5-6,9-10,12-17,22-24H,7-8,11H2,1-4H3,(H,27,29)/t16-,17+,22+,23+,24+/m0/s1. The monoisotopic (exact) mass is 420 g/mol. The first-order chi connectivity index (χ1) is 14.9. The van der Waals surface area contributed by atoms with E-state index in [9.17, 15) is 9.59 Å². The Morgan fingerprint density at radius 3 is 2.48 bits per heavy atom. The highest BCUT2D eigenvalue weighted by Gasteiger charge is 2.43. The zero-order valence-electron chi connectivity index (χ0n) is 18.8. The Morgan fingerprint density at radius 2 is 1.77 bits per heavy atom. The Morgan fingerprint density at radius 1 is 1.06 bits per heavy atom. The van der Waals surface area contributed by atoms with E-state index in [1.807, 2.05) is 48.5 Å². The minimum absolute atomic E-state index is 0.00133. The highest BCUT2D eigenvalue weighted by atomic mass is 16.5. The van der Waals surface area contributed by atoms with E-state index in [0.717, 1.165) is 29.7 Å². The number of fused-ring (bicyclic) bond motifs is 1. The van der Waals surface area contributed by atoms with Crippen molar-refractivity contribution in [1.29, 1.82) is 0 Å². The number of carbonyl (C=O) groups excluding carboxylic acids is 2. The molecule has 1 fully saturated rings. The predicted octanol–water partition coefficient (Wildman–Crippen LogP) is 4.55. The van der Waals surface area contributed by atoms with Crippen molar-refractivity contribution in [2.45, 2.75) is 51.1 Å². The molecule has 0 spiro atoms. The Hall–Kier alpha value is -2.82. The number of amides is 2. The van der Waals surface area contributed by atoms with Gasteiger partial charge in [0, 0.05) is 18.7 Å². The van der Waals surface area contributed by atoms with Crippen LogP contribution in [0.5, 0.6) is 5.75 Å². The molecule has 1 aliphatic carbocycles. The second-order valence-electron chi connectivity index (χ2n) is 9.08. The molecule has 1 N–H and O–H groups in total. The first-order valence-electron chi connectivity index (χ1n) is 11.2. The van der Waals surface area contributed by atoms with Gasteiger partial charge in [-0.3, -0.25) is 9.59 Å². The summed E-state index contributed by atoms with van der Waals surface area (Å²) in [5.41, 5.74) is 2.34. The molecule has 5 heteroatoms. The van der Waals surface area contributed by atoms with Crippen LogP contribution in [-0.2, 0) is 4.79 Å². The number of ether oxygens (including phenoxy) is 1. The van der Waals surface area contributed by atoms with Crippen molar-refractivity contribution in [1.82, 2.24) is 10.2 Å². The Kier molecular flexibility index (Phi) is 6.03. The molecule has 0 aromatic heterocycles. The van der Waals surface area contributed by atoms with E-state index in [1.54, 1.807) is 19.1 Å². The van der Waals surface area contributed by atoms with Crippen LogP contribution in [0, 0.1) is 11.8 Å². The molecule has 2 aromatic carbocycles. The normalized spacial score (nSPS) is 28.1. The van der Waals surface area contributed by atoms with Gasteiger partial charge < -0.3 is 15.0 Å². The van der Waals surface area contributed by atoms with Crippen LogP contribution in [0.25, 0.3) is 0 Å². The van der Waals surface area contributed by atoms with E-state index in [0.29, 0.717) is 17.4 Å². The van der Waals surface area contributed by atoms with Gasteiger partial charge in [0.25, 0.3) is 5.91 Å². The summed E-state index contributed by atoms with van der Waals surface area (Å²) in [6, 6.07) is 15.0. The van der Waals surface area contributed by atoms with Crippen molar-refractivity contribution in [3.63, 3.8) is 0 Å². The topological polar surface area (TPSA) is 58.6 Å². The second-order valence-corrected chi connectivity index (χ2v) is 9.08. The molecule has 0 saturated heterocycles. The summed E-state index contributed by atoms with van der Waals surface area (Å²) in [5.74, 6) is 1.27. The van der Waals surface area contributed by atoms with Gasteiger partial charge in [0.1, 0.15) is 5.75 Å². The van der Waals surface area contributed by atoms with Crippen LogP contribution in [0.2, 0.25) is 0 Å². The lowest BCUT2D eigenvalue weighted by atomic mass is 9.76. The van der Waals surface area contributed by atoms with Gasteiger partial charge in [-0.1, -0.05) is 57.0 Å². The molecule has 2 amide bonds. The molecule has 0 radical (unpaired) electrons. The number of likely N-dealkylation sites (N-methyl/N-ethyl adjacent to an activating group) is 1. The highest BCUT2D eigenvalue weighted by molar-refractivity contribution is 6.01. The van der Waals surface area contributed by atoms with Gasteiger partial charge in [0.2, 0.25) is 5.91 Å². The molecule has 2 aliphatic rings. The van der Waals surface area contributed by atoms with Crippen molar-refractivity contribution in [2.24, 2.45) is 11.8 Å². The zero-order valence-corrected chi connectivity index (χ0v) is 18.8. The van der Waals surface area contributed by atoms with Gasteiger partial charge in [0.15, 0.2) is 0 Å². The van der Waals surface area contributed by atoms with E-state index in [-0.39, 0.29) is 23.9 Å². The smallest absolute Gasteiger partial charge is 0.254 e. The van der Waals surface area contributed by atoms with E-state index >= 15 is 0 Å². The average Bonchev–Trinajstić information content (AvgIpc) is 2.79. The predicted molar refractivity (Wildman–Crippen MR) is 121 cm³/mol. The second kappa shape index (κ2) is 8.74. The number of hydrogen-bond donors (Lipinski definition) is 1. The largest absolute Gasteiger partial charge is 0.497 e. The Balaban J connectivity index is 1.73. The lowest BCUT2D eigenvalue weighted by Gasteiger charge is -2.41. The van der Waals surface area contributed by atoms with Gasteiger partial charge in [0.05, 0.1) is 19.1 Å². The number of hydrogen-bond acceptors (Lipinski definition) is 3. The fraction of sp³-hybridized carbons (Fsp3) is 0.462. The van der Waals surface area contributed by atoms with E-state index in [4.69, 9.17) is 4.74 Å². The molecule has 31 heavy (non-hydrogen) atoms. The lowest BCUT2D eigenvalue weighted by Crippen LogP contribution is -2.50. The molecule has 0 unspecified atom stereocenters. The molecular formula is C26H32N2O3. The third kappa shape index (κ3) is 3.93. The Labute approximate surface area is 184 Å². The van der Waals surface area contributed by atoms with Crippen LogP contribution in [0.4, 0.5) is 0 Å². The summed E-state index contributed by atoms with van der Waals surface area (Å²) in [6.45, 7) is 4.51. The summed E-state index contributed by atoms with van der Waals surface area (Å²) in [5, 5.41) is 3.37. The third-order valence-corrected chi connectivity index (χ3v) is 7.35. The summed E-state index contributed by atoms with van der Waals surface area (Å²) in [7, 11) is 3.42. The average molecular weight is 421 g/mol. The minimum Gasteiger partial charge on any atom is -0.497 e. The first-order valence-corrected chi connectivity index (χ1v) is 11.2. The van der Waals surface area contributed by atoms with Crippen LogP contribution in [0.1, 0.15) is 66.6 Å². The van der Waals surface area contributed by atoms with Crippen molar-refractivity contribution >= 4 is 11.8 Å². The fourth-order valence-electron chi connectivity index (χ4n) is 5.23. The quantitative estimate of drug-likeness (QED) is 0.790. The van der Waals surface area contributed by atoms with Crippen molar-refractivity contribution in [3.8, 4) is 5.75 Å².